The molecule has 6 nitrogen and oxygen atoms in total. The minimum absolute atomic E-state index is 0.00202. The Hall–Kier alpha value is -2.24. The van der Waals surface area contributed by atoms with E-state index in [-0.39, 0.29) is 30.2 Å². The number of amides is 2. The molecule has 2 aliphatic heterocycles. The van der Waals surface area contributed by atoms with Gasteiger partial charge in [0.05, 0.1) is 5.92 Å². The van der Waals surface area contributed by atoms with Crippen LogP contribution < -0.4 is 19.7 Å². The maximum Gasteiger partial charge on any atom is 0.227 e. The van der Waals surface area contributed by atoms with E-state index in [1.54, 1.807) is 4.90 Å². The van der Waals surface area contributed by atoms with Gasteiger partial charge < -0.3 is 19.7 Å². The summed E-state index contributed by atoms with van der Waals surface area (Å²) >= 11 is 0. The number of carbonyl (C=O) groups excluding carboxylic acids is 2. The zero-order valence-corrected chi connectivity index (χ0v) is 16.9. The Bertz CT molecular complexity index is 795. The first kappa shape index (κ1) is 18.8. The molecule has 0 spiro atoms. The third kappa shape index (κ3) is 3.81. The van der Waals surface area contributed by atoms with Crippen molar-refractivity contribution < 1.29 is 19.1 Å². The lowest BCUT2D eigenvalue weighted by atomic mass is 9.69. The SMILES string of the molecule is O=C(N[C@H]1CC[C@H]2CCCC[C@@H]2C1)[C@@H]1CC(=O)N(c2ccc3c(c2)OCCO3)C1. The molecule has 156 valence electrons. The third-order valence-electron chi connectivity index (χ3n) is 7.22. The molecular weight excluding hydrogens is 368 g/mol. The molecule has 2 heterocycles. The highest BCUT2D eigenvalue weighted by Gasteiger charge is 2.38. The molecule has 6 heteroatoms. The Morgan fingerprint density at radius 3 is 2.66 bits per heavy atom. The van der Waals surface area contributed by atoms with Gasteiger partial charge in [-0.05, 0) is 43.2 Å². The van der Waals surface area contributed by atoms with Gasteiger partial charge in [0.2, 0.25) is 11.8 Å². The van der Waals surface area contributed by atoms with Crippen LogP contribution in [0.5, 0.6) is 11.5 Å². The van der Waals surface area contributed by atoms with Crippen LogP contribution in [0.4, 0.5) is 5.69 Å². The van der Waals surface area contributed by atoms with Crippen molar-refractivity contribution in [2.45, 2.75) is 57.4 Å². The summed E-state index contributed by atoms with van der Waals surface area (Å²) < 4.78 is 11.2. The number of carbonyl (C=O) groups is 2. The fraction of sp³-hybridized carbons (Fsp3) is 0.652. The Kier molecular flexibility index (Phi) is 5.10. The largest absolute Gasteiger partial charge is 0.486 e. The Morgan fingerprint density at radius 1 is 1.00 bits per heavy atom. The number of ether oxygens (including phenoxy) is 2. The topological polar surface area (TPSA) is 67.9 Å². The van der Waals surface area contributed by atoms with Gasteiger partial charge in [-0.2, -0.15) is 0 Å². The first-order valence-corrected chi connectivity index (χ1v) is 11.2. The quantitative estimate of drug-likeness (QED) is 0.848. The number of hydrogen-bond donors (Lipinski definition) is 1. The first-order valence-electron chi connectivity index (χ1n) is 11.2. The number of anilines is 1. The molecule has 1 aromatic carbocycles. The number of nitrogens with zero attached hydrogens (tertiary/aromatic N) is 1. The van der Waals surface area contributed by atoms with E-state index in [1.807, 2.05) is 18.2 Å². The Balaban J connectivity index is 1.20. The monoisotopic (exact) mass is 398 g/mol. The molecule has 0 unspecified atom stereocenters. The third-order valence-corrected chi connectivity index (χ3v) is 7.22. The Morgan fingerprint density at radius 2 is 1.79 bits per heavy atom. The summed E-state index contributed by atoms with van der Waals surface area (Å²) in [5.41, 5.74) is 0.775. The second-order valence-corrected chi connectivity index (χ2v) is 9.06. The molecule has 2 amide bonds. The fourth-order valence-electron chi connectivity index (χ4n) is 5.66. The molecule has 0 bridgehead atoms. The molecule has 0 radical (unpaired) electrons. The molecule has 4 atom stereocenters. The van der Waals surface area contributed by atoms with E-state index >= 15 is 0 Å². The van der Waals surface area contributed by atoms with Gasteiger partial charge in [-0.25, -0.2) is 0 Å². The lowest BCUT2D eigenvalue weighted by Gasteiger charge is -2.39. The predicted octanol–water partition coefficient (Wildman–Crippen LogP) is 3.29. The molecule has 1 N–H and O–H groups in total. The molecular formula is C23H30N2O4. The van der Waals surface area contributed by atoms with Gasteiger partial charge in [0.1, 0.15) is 13.2 Å². The lowest BCUT2D eigenvalue weighted by Crippen LogP contribution is -2.44. The lowest BCUT2D eigenvalue weighted by molar-refractivity contribution is -0.127. The zero-order valence-electron chi connectivity index (χ0n) is 16.9. The van der Waals surface area contributed by atoms with E-state index in [9.17, 15) is 9.59 Å². The van der Waals surface area contributed by atoms with E-state index in [1.165, 1.54) is 32.1 Å². The highest BCUT2D eigenvalue weighted by Crippen LogP contribution is 2.41. The van der Waals surface area contributed by atoms with E-state index in [2.05, 4.69) is 5.32 Å². The molecule has 2 saturated carbocycles. The van der Waals surface area contributed by atoms with Gasteiger partial charge >= 0.3 is 0 Å². The van der Waals surface area contributed by atoms with E-state index in [0.29, 0.717) is 31.3 Å². The molecule has 1 saturated heterocycles. The average molecular weight is 399 g/mol. The van der Waals surface area contributed by atoms with Crippen molar-refractivity contribution in [1.82, 2.24) is 5.32 Å². The highest BCUT2D eigenvalue weighted by atomic mass is 16.6. The molecule has 29 heavy (non-hydrogen) atoms. The first-order chi connectivity index (χ1) is 14.2. The van der Waals surface area contributed by atoms with Crippen LogP contribution in [0.3, 0.4) is 0 Å². The summed E-state index contributed by atoms with van der Waals surface area (Å²) in [5, 5.41) is 3.27. The fourth-order valence-corrected chi connectivity index (χ4v) is 5.66. The van der Waals surface area contributed by atoms with Gasteiger partial charge in [-0.3, -0.25) is 9.59 Å². The second kappa shape index (κ2) is 7.88. The minimum Gasteiger partial charge on any atom is -0.486 e. The van der Waals surface area contributed by atoms with Crippen molar-refractivity contribution in [1.29, 1.82) is 0 Å². The van der Waals surface area contributed by atoms with E-state index in [0.717, 1.165) is 30.4 Å². The summed E-state index contributed by atoms with van der Waals surface area (Å²) in [5.74, 6) is 2.78. The number of fused-ring (bicyclic) bond motifs is 2. The summed E-state index contributed by atoms with van der Waals surface area (Å²) in [7, 11) is 0. The highest BCUT2D eigenvalue weighted by molar-refractivity contribution is 6.00. The summed E-state index contributed by atoms with van der Waals surface area (Å²) in [6.45, 7) is 1.49. The van der Waals surface area contributed by atoms with Crippen LogP contribution in [0, 0.1) is 17.8 Å². The molecule has 4 aliphatic rings. The van der Waals surface area contributed by atoms with Gasteiger partial charge in [0.15, 0.2) is 11.5 Å². The summed E-state index contributed by atoms with van der Waals surface area (Å²) in [6, 6.07) is 5.83. The number of benzene rings is 1. The zero-order chi connectivity index (χ0) is 19.8. The van der Waals surface area contributed by atoms with E-state index in [4.69, 9.17) is 9.47 Å². The smallest absolute Gasteiger partial charge is 0.227 e. The molecule has 1 aromatic rings. The molecule has 3 fully saturated rings. The maximum absolute atomic E-state index is 12.9. The van der Waals surface area contributed by atoms with Gasteiger partial charge in [-0.1, -0.05) is 25.7 Å². The van der Waals surface area contributed by atoms with Crippen LogP contribution in [0.25, 0.3) is 0 Å². The van der Waals surface area contributed by atoms with Crippen LogP contribution in [0.15, 0.2) is 18.2 Å². The standard InChI is InChI=1S/C23H30N2O4/c26-22-12-17(14-25(22)19-7-8-20-21(13-19)29-10-9-28-20)23(27)24-18-6-5-15-3-1-2-4-16(15)11-18/h7-8,13,15-18H,1-6,9-12,14H2,(H,24,27)/t15-,16-,17-,18+/m1/s1. The normalized spacial score (nSPS) is 31.3. The van der Waals surface area contributed by atoms with Crippen molar-refractivity contribution in [2.75, 3.05) is 24.7 Å². The minimum atomic E-state index is -0.278. The molecule has 2 aliphatic carbocycles. The van der Waals surface area contributed by atoms with Crippen molar-refractivity contribution in [3.8, 4) is 11.5 Å². The van der Waals surface area contributed by atoms with Crippen LogP contribution in [0.1, 0.15) is 51.4 Å². The number of rotatable bonds is 3. The predicted molar refractivity (Wildman–Crippen MR) is 109 cm³/mol. The van der Waals surface area contributed by atoms with Crippen LogP contribution in [-0.4, -0.2) is 37.6 Å². The molecule has 0 aromatic heterocycles. The van der Waals surface area contributed by atoms with Crippen LogP contribution in [0.2, 0.25) is 0 Å². The summed E-state index contributed by atoms with van der Waals surface area (Å²) in [4.78, 5) is 27.2. The van der Waals surface area contributed by atoms with Crippen molar-refractivity contribution >= 4 is 17.5 Å². The number of nitrogens with one attached hydrogen (secondary N) is 1. The van der Waals surface area contributed by atoms with Crippen molar-refractivity contribution in [2.24, 2.45) is 17.8 Å². The van der Waals surface area contributed by atoms with E-state index < -0.39 is 0 Å². The molecule has 5 rings (SSSR count). The van der Waals surface area contributed by atoms with Gasteiger partial charge in [0.25, 0.3) is 0 Å². The number of hydrogen-bond acceptors (Lipinski definition) is 4. The second-order valence-electron chi connectivity index (χ2n) is 9.06. The summed E-state index contributed by atoms with van der Waals surface area (Å²) in [6.07, 6.45) is 9.11. The van der Waals surface area contributed by atoms with Gasteiger partial charge in [-0.15, -0.1) is 0 Å². The van der Waals surface area contributed by atoms with Gasteiger partial charge in [0, 0.05) is 30.8 Å². The maximum atomic E-state index is 12.9. The van der Waals surface area contributed by atoms with Crippen LogP contribution in [-0.2, 0) is 9.59 Å². The Labute approximate surface area is 171 Å². The van der Waals surface area contributed by atoms with Crippen molar-refractivity contribution in [3.63, 3.8) is 0 Å². The van der Waals surface area contributed by atoms with Crippen LogP contribution >= 0.6 is 0 Å². The van der Waals surface area contributed by atoms with Crippen molar-refractivity contribution in [3.05, 3.63) is 18.2 Å². The average Bonchev–Trinajstić information content (AvgIpc) is 3.15.